The summed E-state index contributed by atoms with van der Waals surface area (Å²) in [7, 11) is 0. The molecule has 3 rings (SSSR count). The lowest BCUT2D eigenvalue weighted by atomic mass is 10.2. The monoisotopic (exact) mass is 355 g/mol. The number of hydrogen-bond acceptors (Lipinski definition) is 5. The van der Waals surface area contributed by atoms with Crippen molar-refractivity contribution in [2.75, 3.05) is 5.43 Å². The molecule has 0 radical (unpaired) electrons. The molecule has 2 heterocycles. The number of nitrogens with one attached hydrogen (secondary N) is 1. The van der Waals surface area contributed by atoms with Gasteiger partial charge in [0, 0.05) is 23.0 Å². The molecule has 3 aromatic rings. The Balaban J connectivity index is 1.75. The van der Waals surface area contributed by atoms with E-state index in [0.29, 0.717) is 10.8 Å². The maximum absolute atomic E-state index is 10.6. The van der Waals surface area contributed by atoms with Crippen molar-refractivity contribution in [2.24, 2.45) is 5.10 Å². The van der Waals surface area contributed by atoms with E-state index in [0.717, 1.165) is 16.9 Å². The molecule has 0 aliphatic carbocycles. The number of hydrogen-bond donors (Lipinski definition) is 1. The van der Waals surface area contributed by atoms with Crippen LogP contribution in [0.4, 0.5) is 11.5 Å². The lowest BCUT2D eigenvalue weighted by Crippen LogP contribution is -2.00. The Labute approximate surface area is 148 Å². The number of aryl methyl sites for hydroxylation is 1. The minimum absolute atomic E-state index is 0.0698. The summed E-state index contributed by atoms with van der Waals surface area (Å²) in [5.74, 6) is 0.415. The number of halogens is 1. The van der Waals surface area contributed by atoms with Gasteiger partial charge >= 0.3 is 0 Å². The number of hydrazone groups is 1. The number of anilines is 1. The molecule has 0 bridgehead atoms. The summed E-state index contributed by atoms with van der Waals surface area (Å²) in [6.07, 6.45) is 4.72. The molecule has 0 spiro atoms. The highest BCUT2D eigenvalue weighted by atomic mass is 35.5. The van der Waals surface area contributed by atoms with Gasteiger partial charge in [-0.1, -0.05) is 17.7 Å². The van der Waals surface area contributed by atoms with E-state index < -0.39 is 4.92 Å². The molecular formula is C17H14ClN5O2. The maximum Gasteiger partial charge on any atom is 0.287 e. The van der Waals surface area contributed by atoms with Crippen molar-refractivity contribution in [2.45, 2.75) is 6.92 Å². The Bertz CT molecular complexity index is 934. The van der Waals surface area contributed by atoms with E-state index in [-0.39, 0.29) is 5.69 Å². The van der Waals surface area contributed by atoms with Gasteiger partial charge in [0.25, 0.3) is 5.69 Å². The lowest BCUT2D eigenvalue weighted by molar-refractivity contribution is -0.385. The summed E-state index contributed by atoms with van der Waals surface area (Å²) in [5.41, 5.74) is 5.46. The van der Waals surface area contributed by atoms with Gasteiger partial charge < -0.3 is 4.57 Å². The molecule has 0 aliphatic rings. The topological polar surface area (TPSA) is 85.3 Å². The minimum atomic E-state index is -0.500. The minimum Gasteiger partial charge on any atom is -0.316 e. The zero-order valence-electron chi connectivity index (χ0n) is 13.3. The fourth-order valence-electron chi connectivity index (χ4n) is 2.19. The summed E-state index contributed by atoms with van der Waals surface area (Å²) >= 11 is 6.19. The van der Waals surface area contributed by atoms with Crippen LogP contribution in [0.3, 0.4) is 0 Å². The first-order chi connectivity index (χ1) is 12.0. The number of nitrogens with zero attached hydrogens (tertiary/aromatic N) is 4. The molecule has 1 aromatic carbocycles. The van der Waals surface area contributed by atoms with Crippen LogP contribution in [-0.2, 0) is 0 Å². The van der Waals surface area contributed by atoms with Gasteiger partial charge in [-0.25, -0.2) is 4.98 Å². The summed E-state index contributed by atoms with van der Waals surface area (Å²) in [5, 5.41) is 15.4. The van der Waals surface area contributed by atoms with Crippen LogP contribution in [0, 0.1) is 17.0 Å². The SMILES string of the molecule is Cc1ccc(-n2cccc2/C=N\Nc2ccc([N+](=O)[O-])cn2)cc1Cl. The maximum atomic E-state index is 10.6. The molecule has 0 unspecified atom stereocenters. The molecule has 126 valence electrons. The normalized spacial score (nSPS) is 11.0. The van der Waals surface area contributed by atoms with Gasteiger partial charge in [-0.05, 0) is 42.8 Å². The van der Waals surface area contributed by atoms with Crippen LogP contribution in [0.15, 0.2) is 60.0 Å². The Morgan fingerprint density at radius 1 is 1.32 bits per heavy atom. The first kappa shape index (κ1) is 16.7. The smallest absolute Gasteiger partial charge is 0.287 e. The molecule has 2 aromatic heterocycles. The van der Waals surface area contributed by atoms with Crippen molar-refractivity contribution in [1.29, 1.82) is 0 Å². The first-order valence-corrected chi connectivity index (χ1v) is 7.76. The van der Waals surface area contributed by atoms with E-state index in [1.807, 2.05) is 48.0 Å². The van der Waals surface area contributed by atoms with Crippen LogP contribution >= 0.6 is 11.6 Å². The highest BCUT2D eigenvalue weighted by Crippen LogP contribution is 2.20. The van der Waals surface area contributed by atoms with Crippen molar-refractivity contribution in [3.05, 3.63) is 81.3 Å². The van der Waals surface area contributed by atoms with Crippen LogP contribution in [0.25, 0.3) is 5.69 Å². The van der Waals surface area contributed by atoms with Crippen LogP contribution in [0.2, 0.25) is 5.02 Å². The van der Waals surface area contributed by atoms with E-state index >= 15 is 0 Å². The summed E-state index contributed by atoms with van der Waals surface area (Å²) < 4.78 is 1.94. The third-order valence-corrected chi connectivity index (χ3v) is 3.96. The first-order valence-electron chi connectivity index (χ1n) is 7.38. The number of nitro groups is 1. The van der Waals surface area contributed by atoms with Gasteiger partial charge in [0.05, 0.1) is 16.8 Å². The van der Waals surface area contributed by atoms with Gasteiger partial charge in [-0.2, -0.15) is 5.10 Å². The zero-order chi connectivity index (χ0) is 17.8. The summed E-state index contributed by atoms with van der Waals surface area (Å²) in [6, 6.07) is 12.5. The van der Waals surface area contributed by atoms with Crippen molar-refractivity contribution in [3.63, 3.8) is 0 Å². The highest BCUT2D eigenvalue weighted by molar-refractivity contribution is 6.31. The summed E-state index contributed by atoms with van der Waals surface area (Å²) in [6.45, 7) is 1.95. The Morgan fingerprint density at radius 3 is 2.84 bits per heavy atom. The quantitative estimate of drug-likeness (QED) is 0.422. The van der Waals surface area contributed by atoms with Crippen molar-refractivity contribution in [3.8, 4) is 5.69 Å². The van der Waals surface area contributed by atoms with Gasteiger partial charge in [0.1, 0.15) is 12.0 Å². The van der Waals surface area contributed by atoms with E-state index in [1.54, 1.807) is 6.21 Å². The van der Waals surface area contributed by atoms with E-state index in [1.165, 1.54) is 18.3 Å². The van der Waals surface area contributed by atoms with Crippen LogP contribution in [-0.4, -0.2) is 20.7 Å². The van der Waals surface area contributed by atoms with Crippen molar-refractivity contribution < 1.29 is 4.92 Å². The highest BCUT2D eigenvalue weighted by Gasteiger charge is 2.05. The van der Waals surface area contributed by atoms with Crippen LogP contribution in [0.1, 0.15) is 11.3 Å². The second kappa shape index (κ2) is 7.14. The Morgan fingerprint density at radius 2 is 2.16 bits per heavy atom. The molecule has 0 fully saturated rings. The third-order valence-electron chi connectivity index (χ3n) is 3.55. The molecule has 0 amide bonds. The predicted molar refractivity (Wildman–Crippen MR) is 97.6 cm³/mol. The zero-order valence-corrected chi connectivity index (χ0v) is 14.0. The largest absolute Gasteiger partial charge is 0.316 e. The number of pyridine rings is 1. The van der Waals surface area contributed by atoms with E-state index in [9.17, 15) is 10.1 Å². The Hall–Kier alpha value is -3.19. The van der Waals surface area contributed by atoms with Gasteiger partial charge in [-0.15, -0.1) is 0 Å². The number of benzene rings is 1. The predicted octanol–water partition coefficient (Wildman–Crippen LogP) is 4.19. The molecule has 0 atom stereocenters. The van der Waals surface area contributed by atoms with Crippen LogP contribution in [0.5, 0.6) is 0 Å². The van der Waals surface area contributed by atoms with Gasteiger partial charge in [0.15, 0.2) is 0 Å². The number of aromatic nitrogens is 2. The van der Waals surface area contributed by atoms with Gasteiger partial charge in [0.2, 0.25) is 0 Å². The molecule has 7 nitrogen and oxygen atoms in total. The van der Waals surface area contributed by atoms with E-state index in [4.69, 9.17) is 11.6 Å². The Kier molecular flexibility index (Phi) is 4.76. The third kappa shape index (κ3) is 3.84. The average molecular weight is 356 g/mol. The summed E-state index contributed by atoms with van der Waals surface area (Å²) in [4.78, 5) is 14.0. The van der Waals surface area contributed by atoms with Crippen molar-refractivity contribution in [1.82, 2.24) is 9.55 Å². The standard InChI is InChI=1S/C17H14ClN5O2/c1-12-4-5-13(9-16(12)18)22-8-2-3-14(22)11-20-21-17-7-6-15(10-19-17)23(24)25/h2-11H,1H3,(H,19,21)/b20-11-. The molecule has 1 N–H and O–H groups in total. The number of rotatable bonds is 5. The molecule has 8 heteroatoms. The fourth-order valence-corrected chi connectivity index (χ4v) is 2.37. The lowest BCUT2D eigenvalue weighted by Gasteiger charge is -2.08. The van der Waals surface area contributed by atoms with Gasteiger partial charge in [-0.3, -0.25) is 15.5 Å². The molecule has 0 saturated heterocycles. The van der Waals surface area contributed by atoms with Crippen LogP contribution < -0.4 is 5.43 Å². The van der Waals surface area contributed by atoms with E-state index in [2.05, 4.69) is 15.5 Å². The second-order valence-electron chi connectivity index (χ2n) is 5.27. The molecule has 0 saturated carbocycles. The average Bonchev–Trinajstić information content (AvgIpc) is 3.06. The molecule has 25 heavy (non-hydrogen) atoms. The van der Waals surface area contributed by atoms with Crippen molar-refractivity contribution >= 4 is 29.3 Å². The molecular weight excluding hydrogens is 342 g/mol. The molecule has 0 aliphatic heterocycles. The second-order valence-corrected chi connectivity index (χ2v) is 5.67. The fraction of sp³-hybridized carbons (Fsp3) is 0.0588.